The highest BCUT2D eigenvalue weighted by Gasteiger charge is 2.20. The highest BCUT2D eigenvalue weighted by atomic mass is 35.5. The summed E-state index contributed by atoms with van der Waals surface area (Å²) in [5.74, 6) is 0.444. The predicted molar refractivity (Wildman–Crippen MR) is 95.4 cm³/mol. The number of nitrogens with one attached hydrogen (secondary N) is 1. The summed E-state index contributed by atoms with van der Waals surface area (Å²) in [5, 5.41) is 3.58. The van der Waals surface area contributed by atoms with Crippen molar-refractivity contribution in [3.8, 4) is 5.75 Å². The Kier molecular flexibility index (Phi) is 5.67. The zero-order valence-electron chi connectivity index (χ0n) is 13.9. The highest BCUT2D eigenvalue weighted by molar-refractivity contribution is 6.30. The van der Waals surface area contributed by atoms with Crippen LogP contribution in [0.2, 0.25) is 5.02 Å². The molecule has 1 N–H and O–H groups in total. The van der Waals surface area contributed by atoms with E-state index in [1.54, 1.807) is 24.3 Å². The number of carbonyl (C=O) groups excluding carboxylic acids is 1. The number of anilines is 1. The van der Waals surface area contributed by atoms with E-state index in [9.17, 15) is 4.79 Å². The zero-order valence-corrected chi connectivity index (χ0v) is 14.7. The van der Waals surface area contributed by atoms with Crippen LogP contribution in [0.5, 0.6) is 5.75 Å². The largest absolute Gasteiger partial charge is 0.481 e. The van der Waals surface area contributed by atoms with Gasteiger partial charge in [-0.3, -0.25) is 4.79 Å². The predicted octanol–water partition coefficient (Wildman–Crippen LogP) is 5.06. The van der Waals surface area contributed by atoms with Crippen molar-refractivity contribution >= 4 is 23.2 Å². The molecule has 23 heavy (non-hydrogen) atoms. The summed E-state index contributed by atoms with van der Waals surface area (Å²) in [6, 6.07) is 11.2. The number of carbonyl (C=O) groups is 1. The summed E-state index contributed by atoms with van der Waals surface area (Å²) >= 11 is 5.96. The van der Waals surface area contributed by atoms with E-state index in [4.69, 9.17) is 16.3 Å². The first kappa shape index (κ1) is 17.4. The van der Waals surface area contributed by atoms with Crippen LogP contribution in [0.1, 0.15) is 30.0 Å². The van der Waals surface area contributed by atoms with Crippen LogP contribution in [0, 0.1) is 20.8 Å². The van der Waals surface area contributed by atoms with Gasteiger partial charge in [-0.2, -0.15) is 0 Å². The van der Waals surface area contributed by atoms with Crippen LogP contribution in [0.3, 0.4) is 0 Å². The third-order valence-corrected chi connectivity index (χ3v) is 3.90. The molecule has 1 atom stereocenters. The number of ether oxygens (including phenoxy) is 1. The van der Waals surface area contributed by atoms with E-state index in [1.807, 2.05) is 27.7 Å². The molecule has 2 rings (SSSR count). The lowest BCUT2D eigenvalue weighted by Crippen LogP contribution is -2.32. The van der Waals surface area contributed by atoms with Gasteiger partial charge < -0.3 is 10.1 Å². The SMILES string of the molecule is CC[C@@H](Oc1cccc(Cl)c1)C(=O)Nc1c(C)cc(C)cc1C. The van der Waals surface area contributed by atoms with Crippen molar-refractivity contribution in [2.75, 3.05) is 5.32 Å². The lowest BCUT2D eigenvalue weighted by molar-refractivity contribution is -0.122. The molecule has 0 spiro atoms. The quantitative estimate of drug-likeness (QED) is 0.831. The van der Waals surface area contributed by atoms with Crippen molar-refractivity contribution in [1.29, 1.82) is 0 Å². The second kappa shape index (κ2) is 7.51. The van der Waals surface area contributed by atoms with Crippen molar-refractivity contribution in [3.05, 3.63) is 58.1 Å². The molecule has 2 aromatic rings. The molecule has 3 nitrogen and oxygen atoms in total. The normalized spacial score (nSPS) is 11.9. The molecule has 0 radical (unpaired) electrons. The molecule has 0 bridgehead atoms. The van der Waals surface area contributed by atoms with Gasteiger partial charge in [0.2, 0.25) is 0 Å². The van der Waals surface area contributed by atoms with Crippen LogP contribution in [0.4, 0.5) is 5.69 Å². The fourth-order valence-electron chi connectivity index (χ4n) is 2.61. The molecular formula is C19H22ClNO2. The monoisotopic (exact) mass is 331 g/mol. The van der Waals surface area contributed by atoms with Crippen LogP contribution < -0.4 is 10.1 Å². The number of benzene rings is 2. The van der Waals surface area contributed by atoms with Crippen LogP contribution in [-0.4, -0.2) is 12.0 Å². The van der Waals surface area contributed by atoms with Crippen molar-refractivity contribution in [2.24, 2.45) is 0 Å². The molecule has 0 aliphatic carbocycles. The van der Waals surface area contributed by atoms with Crippen LogP contribution in [0.15, 0.2) is 36.4 Å². The summed E-state index contributed by atoms with van der Waals surface area (Å²) in [7, 11) is 0. The number of aryl methyl sites for hydroxylation is 3. The van der Waals surface area contributed by atoms with Gasteiger partial charge in [0, 0.05) is 10.7 Å². The number of rotatable bonds is 5. The summed E-state index contributed by atoms with van der Waals surface area (Å²) in [6.45, 7) is 7.95. The van der Waals surface area contributed by atoms with Gasteiger partial charge in [-0.25, -0.2) is 0 Å². The van der Waals surface area contributed by atoms with Gasteiger partial charge in [0.1, 0.15) is 5.75 Å². The van der Waals surface area contributed by atoms with Gasteiger partial charge in [-0.1, -0.05) is 42.3 Å². The first-order chi connectivity index (χ1) is 10.9. The Morgan fingerprint density at radius 1 is 1.17 bits per heavy atom. The van der Waals surface area contributed by atoms with Gasteiger partial charge in [0.25, 0.3) is 5.91 Å². The van der Waals surface area contributed by atoms with Crippen molar-refractivity contribution in [1.82, 2.24) is 0 Å². The standard InChI is InChI=1S/C19H22ClNO2/c1-5-17(23-16-8-6-7-15(20)11-16)19(22)21-18-13(3)9-12(2)10-14(18)4/h6-11,17H,5H2,1-4H3,(H,21,22)/t17-/m1/s1. The van der Waals surface area contributed by atoms with E-state index in [0.29, 0.717) is 17.2 Å². The Hall–Kier alpha value is -2.00. The molecule has 0 saturated carbocycles. The first-order valence-electron chi connectivity index (χ1n) is 7.71. The maximum atomic E-state index is 12.6. The Labute approximate surface area is 142 Å². The van der Waals surface area contributed by atoms with Gasteiger partial charge in [-0.15, -0.1) is 0 Å². The van der Waals surface area contributed by atoms with E-state index in [0.717, 1.165) is 16.8 Å². The fraction of sp³-hybridized carbons (Fsp3) is 0.316. The molecule has 4 heteroatoms. The van der Waals surface area contributed by atoms with Gasteiger partial charge in [-0.05, 0) is 56.5 Å². The minimum absolute atomic E-state index is 0.150. The maximum Gasteiger partial charge on any atom is 0.265 e. The summed E-state index contributed by atoms with van der Waals surface area (Å²) < 4.78 is 5.79. The summed E-state index contributed by atoms with van der Waals surface area (Å²) in [6.07, 6.45) is 0.0102. The molecule has 0 unspecified atom stereocenters. The van der Waals surface area contributed by atoms with Crippen LogP contribution in [-0.2, 0) is 4.79 Å². The average Bonchev–Trinajstić information content (AvgIpc) is 2.48. The number of amides is 1. The first-order valence-corrected chi connectivity index (χ1v) is 8.09. The molecular weight excluding hydrogens is 310 g/mol. The van der Waals surface area contributed by atoms with Gasteiger partial charge in [0.15, 0.2) is 6.10 Å². The summed E-state index contributed by atoms with van der Waals surface area (Å²) in [4.78, 5) is 12.6. The lowest BCUT2D eigenvalue weighted by atomic mass is 10.0. The molecule has 0 saturated heterocycles. The molecule has 0 aromatic heterocycles. The topological polar surface area (TPSA) is 38.3 Å². The van der Waals surface area contributed by atoms with Crippen molar-refractivity contribution < 1.29 is 9.53 Å². The molecule has 2 aromatic carbocycles. The fourth-order valence-corrected chi connectivity index (χ4v) is 2.79. The number of hydrogen-bond donors (Lipinski definition) is 1. The Bertz CT molecular complexity index is 689. The molecule has 0 aliphatic rings. The van der Waals surface area contributed by atoms with E-state index in [1.165, 1.54) is 5.56 Å². The van der Waals surface area contributed by atoms with Crippen LogP contribution in [0.25, 0.3) is 0 Å². The lowest BCUT2D eigenvalue weighted by Gasteiger charge is -2.19. The Morgan fingerprint density at radius 2 is 1.83 bits per heavy atom. The zero-order chi connectivity index (χ0) is 17.0. The second-order valence-corrected chi connectivity index (χ2v) is 6.17. The van der Waals surface area contributed by atoms with Gasteiger partial charge in [0.05, 0.1) is 0 Å². The molecule has 0 fully saturated rings. The van der Waals surface area contributed by atoms with E-state index in [-0.39, 0.29) is 5.91 Å². The van der Waals surface area contributed by atoms with E-state index >= 15 is 0 Å². The second-order valence-electron chi connectivity index (χ2n) is 5.74. The van der Waals surface area contributed by atoms with Crippen LogP contribution >= 0.6 is 11.6 Å². The third-order valence-electron chi connectivity index (χ3n) is 3.66. The minimum Gasteiger partial charge on any atom is -0.481 e. The maximum absolute atomic E-state index is 12.6. The number of hydrogen-bond acceptors (Lipinski definition) is 2. The molecule has 0 heterocycles. The minimum atomic E-state index is -0.562. The van der Waals surface area contributed by atoms with Gasteiger partial charge >= 0.3 is 0 Å². The highest BCUT2D eigenvalue weighted by Crippen LogP contribution is 2.23. The molecule has 0 aliphatic heterocycles. The van der Waals surface area contributed by atoms with E-state index in [2.05, 4.69) is 17.4 Å². The Balaban J connectivity index is 2.15. The number of halogens is 1. The third kappa shape index (κ3) is 4.49. The molecule has 1 amide bonds. The molecule has 122 valence electrons. The van der Waals surface area contributed by atoms with Crippen molar-refractivity contribution in [2.45, 2.75) is 40.2 Å². The van der Waals surface area contributed by atoms with E-state index < -0.39 is 6.10 Å². The summed E-state index contributed by atoms with van der Waals surface area (Å²) in [5.41, 5.74) is 4.14. The Morgan fingerprint density at radius 3 is 2.39 bits per heavy atom. The average molecular weight is 332 g/mol. The van der Waals surface area contributed by atoms with Crippen molar-refractivity contribution in [3.63, 3.8) is 0 Å². The smallest absolute Gasteiger partial charge is 0.265 e.